The van der Waals surface area contributed by atoms with Gasteiger partial charge in [-0.05, 0) is 23.9 Å². The topological polar surface area (TPSA) is 6.48 Å². The summed E-state index contributed by atoms with van der Waals surface area (Å²) in [6.07, 6.45) is 0. The van der Waals surface area contributed by atoms with Crippen molar-refractivity contribution in [2.75, 3.05) is 38.6 Å². The van der Waals surface area contributed by atoms with Crippen LogP contribution in [0.4, 0.5) is 0 Å². The summed E-state index contributed by atoms with van der Waals surface area (Å²) in [5.41, 5.74) is 1.79. The van der Waals surface area contributed by atoms with E-state index in [1.807, 2.05) is 0 Å². The molecule has 1 aliphatic rings. The summed E-state index contributed by atoms with van der Waals surface area (Å²) in [5.74, 6) is 0.673. The minimum absolute atomic E-state index is 0.341. The van der Waals surface area contributed by atoms with Crippen molar-refractivity contribution >= 4 is 15.9 Å². The van der Waals surface area contributed by atoms with Gasteiger partial charge in [0.05, 0.1) is 0 Å². The maximum atomic E-state index is 3.73. The molecule has 2 unspecified atom stereocenters. The first-order valence-corrected chi connectivity index (χ1v) is 9.07. The molecular formula is C18H29BrN2. The highest BCUT2D eigenvalue weighted by Crippen LogP contribution is 2.32. The average molecular weight is 353 g/mol. The Morgan fingerprint density at radius 2 is 1.86 bits per heavy atom. The maximum absolute atomic E-state index is 3.73. The van der Waals surface area contributed by atoms with Gasteiger partial charge in [0.25, 0.3) is 0 Å². The van der Waals surface area contributed by atoms with Gasteiger partial charge in [-0.1, -0.05) is 67.0 Å². The molecule has 1 fully saturated rings. The Kier molecular flexibility index (Phi) is 5.87. The molecule has 0 aliphatic carbocycles. The van der Waals surface area contributed by atoms with Crippen LogP contribution in [0.5, 0.6) is 0 Å². The lowest BCUT2D eigenvalue weighted by Crippen LogP contribution is -2.49. The molecule has 1 saturated heterocycles. The summed E-state index contributed by atoms with van der Waals surface area (Å²) in [7, 11) is 2.24. The summed E-state index contributed by atoms with van der Waals surface area (Å²) in [4.78, 5) is 5.14. The Morgan fingerprint density at radius 3 is 2.43 bits per heavy atom. The van der Waals surface area contributed by atoms with Gasteiger partial charge < -0.3 is 4.90 Å². The van der Waals surface area contributed by atoms with Crippen LogP contribution in [0, 0.1) is 11.3 Å². The molecule has 2 rings (SSSR count). The van der Waals surface area contributed by atoms with E-state index in [4.69, 9.17) is 0 Å². The van der Waals surface area contributed by atoms with E-state index in [0.717, 1.165) is 18.4 Å². The number of hydrogen-bond acceptors (Lipinski definition) is 2. The fourth-order valence-electron chi connectivity index (χ4n) is 3.00. The number of rotatable bonds is 4. The summed E-state index contributed by atoms with van der Waals surface area (Å²) in [5, 5.41) is 1.07. The van der Waals surface area contributed by atoms with Crippen LogP contribution in [-0.2, 0) is 0 Å². The molecule has 0 bridgehead atoms. The molecule has 0 spiro atoms. The van der Waals surface area contributed by atoms with E-state index in [9.17, 15) is 0 Å². The minimum Gasteiger partial charge on any atom is -0.303 e. The third kappa shape index (κ3) is 4.54. The molecule has 0 N–H and O–H groups in total. The Morgan fingerprint density at radius 1 is 1.19 bits per heavy atom. The van der Waals surface area contributed by atoms with Crippen molar-refractivity contribution in [3.63, 3.8) is 0 Å². The van der Waals surface area contributed by atoms with Gasteiger partial charge in [0.15, 0.2) is 0 Å². The molecule has 21 heavy (non-hydrogen) atoms. The molecule has 118 valence electrons. The molecule has 0 radical (unpaired) electrons. The van der Waals surface area contributed by atoms with Crippen molar-refractivity contribution in [3.8, 4) is 0 Å². The van der Waals surface area contributed by atoms with Crippen LogP contribution >= 0.6 is 15.9 Å². The molecule has 1 aliphatic heterocycles. The Balaban J connectivity index is 2.15. The van der Waals surface area contributed by atoms with Crippen molar-refractivity contribution in [2.24, 2.45) is 11.3 Å². The van der Waals surface area contributed by atoms with Gasteiger partial charge in [-0.2, -0.15) is 0 Å². The highest BCUT2D eigenvalue weighted by Gasteiger charge is 2.32. The normalized spacial score (nSPS) is 23.2. The van der Waals surface area contributed by atoms with Crippen molar-refractivity contribution < 1.29 is 0 Å². The average Bonchev–Trinajstić information content (AvgIpc) is 2.45. The van der Waals surface area contributed by atoms with E-state index in [1.54, 1.807) is 0 Å². The summed E-state index contributed by atoms with van der Waals surface area (Å²) in [6, 6.07) is 11.5. The molecule has 0 aromatic heterocycles. The Bertz CT molecular complexity index is 427. The second kappa shape index (κ2) is 7.26. The summed E-state index contributed by atoms with van der Waals surface area (Å²) >= 11 is 3.73. The lowest BCUT2D eigenvalue weighted by Gasteiger charge is -2.43. The predicted octanol–water partition coefficient (Wildman–Crippen LogP) is 4.03. The number of hydrogen-bond donors (Lipinski definition) is 0. The van der Waals surface area contributed by atoms with E-state index < -0.39 is 0 Å². The van der Waals surface area contributed by atoms with Crippen LogP contribution < -0.4 is 0 Å². The maximum Gasteiger partial charge on any atom is 0.0475 e. The van der Waals surface area contributed by atoms with Crippen LogP contribution in [-0.4, -0.2) is 48.4 Å². The molecule has 1 aromatic rings. The first kappa shape index (κ1) is 17.0. The van der Waals surface area contributed by atoms with Gasteiger partial charge in [0.2, 0.25) is 0 Å². The summed E-state index contributed by atoms with van der Waals surface area (Å²) in [6.45, 7) is 11.7. The van der Waals surface area contributed by atoms with Gasteiger partial charge >= 0.3 is 0 Å². The van der Waals surface area contributed by atoms with Gasteiger partial charge in [0, 0.05) is 37.6 Å². The molecule has 0 saturated carbocycles. The summed E-state index contributed by atoms with van der Waals surface area (Å²) < 4.78 is 0. The molecule has 2 nitrogen and oxygen atoms in total. The van der Waals surface area contributed by atoms with Crippen LogP contribution in [0.1, 0.15) is 32.4 Å². The highest BCUT2D eigenvalue weighted by atomic mass is 79.9. The molecule has 1 aromatic carbocycles. The Labute approximate surface area is 138 Å². The van der Waals surface area contributed by atoms with Gasteiger partial charge in [0.1, 0.15) is 0 Å². The van der Waals surface area contributed by atoms with Crippen molar-refractivity contribution in [2.45, 2.75) is 26.8 Å². The quantitative estimate of drug-likeness (QED) is 0.754. The number of piperazine rings is 1. The number of nitrogens with zero attached hydrogens (tertiary/aromatic N) is 2. The largest absolute Gasteiger partial charge is 0.303 e. The zero-order valence-corrected chi connectivity index (χ0v) is 15.4. The lowest BCUT2D eigenvalue weighted by atomic mass is 9.81. The predicted molar refractivity (Wildman–Crippen MR) is 95.0 cm³/mol. The van der Waals surface area contributed by atoms with Gasteiger partial charge in [-0.3, -0.25) is 4.90 Å². The number of likely N-dealkylation sites (N-methyl/N-ethyl adjacent to an activating group) is 1. The van der Waals surface area contributed by atoms with E-state index in [0.29, 0.717) is 17.4 Å². The lowest BCUT2D eigenvalue weighted by molar-refractivity contribution is 0.0588. The first-order chi connectivity index (χ1) is 9.91. The monoisotopic (exact) mass is 352 g/mol. The molecule has 0 amide bonds. The second-order valence-corrected chi connectivity index (χ2v) is 8.05. The van der Waals surface area contributed by atoms with Crippen LogP contribution in [0.15, 0.2) is 30.3 Å². The Hall–Kier alpha value is -0.380. The number of halogens is 1. The third-order valence-corrected chi connectivity index (χ3v) is 5.53. The highest BCUT2D eigenvalue weighted by molar-refractivity contribution is 9.09. The van der Waals surface area contributed by atoms with Crippen molar-refractivity contribution in [1.29, 1.82) is 0 Å². The van der Waals surface area contributed by atoms with Gasteiger partial charge in [-0.25, -0.2) is 0 Å². The van der Waals surface area contributed by atoms with Crippen molar-refractivity contribution in [1.82, 2.24) is 9.80 Å². The zero-order valence-electron chi connectivity index (χ0n) is 13.8. The molecule has 3 heteroatoms. The van der Waals surface area contributed by atoms with Crippen LogP contribution in [0.25, 0.3) is 0 Å². The van der Waals surface area contributed by atoms with E-state index in [1.165, 1.54) is 18.7 Å². The standard InChI is InChI=1S/C18H29BrN2/c1-18(2,3)16(12-19)13-21-11-10-20(4)14-17(21)15-8-6-5-7-9-15/h5-9,16-17H,10-14H2,1-4H3. The fourth-order valence-corrected chi connectivity index (χ4v) is 4.18. The first-order valence-electron chi connectivity index (χ1n) is 7.95. The number of alkyl halides is 1. The smallest absolute Gasteiger partial charge is 0.0475 e. The van der Waals surface area contributed by atoms with E-state index in [-0.39, 0.29) is 0 Å². The van der Waals surface area contributed by atoms with E-state index in [2.05, 4.69) is 83.9 Å². The number of benzene rings is 1. The molecule has 2 atom stereocenters. The van der Waals surface area contributed by atoms with Crippen LogP contribution in [0.3, 0.4) is 0 Å². The minimum atomic E-state index is 0.341. The van der Waals surface area contributed by atoms with Gasteiger partial charge in [-0.15, -0.1) is 0 Å². The SMILES string of the molecule is CN1CCN(CC(CBr)C(C)(C)C)C(c2ccccc2)C1. The molecular weight excluding hydrogens is 324 g/mol. The van der Waals surface area contributed by atoms with Crippen molar-refractivity contribution in [3.05, 3.63) is 35.9 Å². The second-order valence-electron chi connectivity index (χ2n) is 7.40. The molecule has 1 heterocycles. The van der Waals surface area contributed by atoms with Crippen LogP contribution in [0.2, 0.25) is 0 Å². The van der Waals surface area contributed by atoms with E-state index >= 15 is 0 Å². The fraction of sp³-hybridized carbons (Fsp3) is 0.667. The zero-order chi connectivity index (χ0) is 15.5. The third-order valence-electron chi connectivity index (χ3n) is 4.74.